The van der Waals surface area contributed by atoms with Crippen LogP contribution >= 0.6 is 0 Å². The zero-order valence-corrected chi connectivity index (χ0v) is 87.6. The van der Waals surface area contributed by atoms with E-state index in [1.54, 1.807) is 76.2 Å². The van der Waals surface area contributed by atoms with Crippen LogP contribution in [0.5, 0.6) is 0 Å². The first kappa shape index (κ1) is 118. The van der Waals surface area contributed by atoms with E-state index in [2.05, 4.69) is 84.6 Å². The highest BCUT2D eigenvalue weighted by Gasteiger charge is 2.40. The van der Waals surface area contributed by atoms with Crippen LogP contribution in [0, 0.1) is 21.7 Å². The zero-order chi connectivity index (χ0) is 105. The fourth-order valence-electron chi connectivity index (χ4n) is 15.3. The molecule has 0 radical (unpaired) electrons. The lowest BCUT2D eigenvalue weighted by molar-refractivity contribution is -0.139. The summed E-state index contributed by atoms with van der Waals surface area (Å²) in [6.07, 6.45) is 30.9. The Hall–Kier alpha value is -13.4. The zero-order valence-electron chi connectivity index (χ0n) is 87.6. The topological polar surface area (TPSA) is 380 Å². The van der Waals surface area contributed by atoms with Crippen LogP contribution in [-0.4, -0.2) is 136 Å². The molecule has 144 heavy (non-hydrogen) atoms. The van der Waals surface area contributed by atoms with Crippen molar-refractivity contribution in [1.29, 1.82) is 0 Å². The summed E-state index contributed by atoms with van der Waals surface area (Å²) in [5.74, 6) is -3.68. The number of ether oxygens (including phenoxy) is 3. The van der Waals surface area contributed by atoms with Gasteiger partial charge in [0.2, 0.25) is 47.3 Å². The Morgan fingerprint density at radius 2 is 0.382 bits per heavy atom. The molecule has 8 aromatic carbocycles. The van der Waals surface area contributed by atoms with Gasteiger partial charge in [0.15, 0.2) is 0 Å². The second-order valence-electron chi connectivity index (χ2n) is 39.2. The SMILES string of the molecule is CCCCCCCCCCOC(=O)Nc1ccc(Cc2ccc(NC(=O)C(C)(C)C(=O)NCCC)cc2)cc1.CCCCCCCCCCOC(=O)Nc1ccc(Cc2ccc(NC(=O)C(C)(C)C(=O)NCCN(CCNC(=O)C(C)(C)C(=O)Nc3ccc(Cc4ccc(NC(=O)OCCCCCCCCCC)cc4)cc3)C(=O)Nc3ccc(Cc4ccc(NC(=O)C(C)(C)C(=O)NCCC)cc4)cc3)cc2)cc1. The number of carbonyl (C=O) groups excluding carboxylic acids is 12. The number of nitrogens with zero attached hydrogens (tertiary/aromatic N) is 1. The standard InChI is InChI=1S/C84H114N10O11.C32H47N3O4/c1-10-13-15-17-19-21-23-25-56-104-80(102)92-71-47-35-65(36-48-71)59-62-29-41-68(42-30-62)89-77(99)83(6,7)74(96)86-52-54-94(79(101)91-70-45-33-64(34-46-70)58-61-27-39-67(40-28-61)88-76(98)82(4,5)73(95)85-51-12-3)55-53-87-75(97)84(8,9)78(100)90-69-43-31-63(32-44-69)60-66-37-49-72(50-38-66)93-81(103)105-57-26-24-22-20-18-16-14-11-2;1-5-7-8-9-10-11-12-13-23-39-31(38)35-28-20-16-26(17-21-28)24-25-14-18-27(19-15-25)34-30(37)32(3,4)29(36)33-22-6-2/h27-50H,10-26,51-60H2,1-9H3,(H,85,95)(H,86,96)(H,87,97)(H,88,98)(H,89,99)(H,90,100)(H,91,101)(H,92,102)(H,93,103);14-21H,5-13,22-24H2,1-4H3,(H,33,36)(H,34,37)(H,35,38). The fraction of sp³-hybridized carbons (Fsp3) is 0.483. The van der Waals surface area contributed by atoms with Crippen LogP contribution in [-0.2, 0) is 78.3 Å². The van der Waals surface area contributed by atoms with Crippen molar-refractivity contribution in [2.75, 3.05) is 102 Å². The smallest absolute Gasteiger partial charge is 0.411 e. The Morgan fingerprint density at radius 3 is 0.576 bits per heavy atom. The second kappa shape index (κ2) is 63.6. The van der Waals surface area contributed by atoms with Gasteiger partial charge in [0.05, 0.1) is 19.8 Å². The van der Waals surface area contributed by atoms with Crippen molar-refractivity contribution in [2.45, 2.75) is 283 Å². The normalized spacial score (nSPS) is 11.3. The minimum atomic E-state index is -1.55. The third-order valence-corrected chi connectivity index (χ3v) is 25.2. The van der Waals surface area contributed by atoms with E-state index in [1.807, 2.05) is 159 Å². The van der Waals surface area contributed by atoms with Crippen LogP contribution in [0.1, 0.15) is 301 Å². The summed E-state index contributed by atoms with van der Waals surface area (Å²) in [7, 11) is 0. The van der Waals surface area contributed by atoms with Gasteiger partial charge >= 0.3 is 24.3 Å². The average molecular weight is 1980 g/mol. The minimum Gasteiger partial charge on any atom is -0.449 e. The molecule has 28 heteroatoms. The number of carbonyl (C=O) groups is 12. The Morgan fingerprint density at radius 1 is 0.208 bits per heavy atom. The van der Waals surface area contributed by atoms with Gasteiger partial charge in [0.1, 0.15) is 21.7 Å². The predicted molar refractivity (Wildman–Crippen MR) is 578 cm³/mol. The first-order valence-corrected chi connectivity index (χ1v) is 52.1. The molecule has 0 saturated heterocycles. The maximum Gasteiger partial charge on any atom is 0.411 e. The molecule has 0 aliphatic carbocycles. The average Bonchev–Trinajstić information content (AvgIpc) is 0.838. The largest absolute Gasteiger partial charge is 0.449 e. The van der Waals surface area contributed by atoms with Crippen molar-refractivity contribution >= 4 is 117 Å². The maximum atomic E-state index is 14.2. The molecule has 0 saturated carbocycles. The van der Waals surface area contributed by atoms with E-state index in [1.165, 1.54) is 135 Å². The van der Waals surface area contributed by atoms with E-state index in [4.69, 9.17) is 14.2 Å². The molecule has 0 aliphatic rings. The van der Waals surface area contributed by atoms with E-state index in [0.717, 1.165) is 109 Å². The van der Waals surface area contributed by atoms with Crippen LogP contribution in [0.4, 0.5) is 64.7 Å². The second-order valence-corrected chi connectivity index (χ2v) is 39.2. The summed E-state index contributed by atoms with van der Waals surface area (Å²) in [4.78, 5) is 158. The van der Waals surface area contributed by atoms with Crippen LogP contribution in [0.15, 0.2) is 194 Å². The molecule has 12 N–H and O–H groups in total. The van der Waals surface area contributed by atoms with E-state index in [0.29, 0.717) is 104 Å². The third kappa shape index (κ3) is 43.4. The molecule has 0 fully saturated rings. The predicted octanol–water partition coefficient (Wildman–Crippen LogP) is 24.2. The molecule has 0 atom stereocenters. The number of rotatable bonds is 61. The quantitative estimate of drug-likeness (QED) is 0.00957. The van der Waals surface area contributed by atoms with Crippen LogP contribution in [0.3, 0.4) is 0 Å². The molecule has 8 rings (SSSR count). The first-order valence-electron chi connectivity index (χ1n) is 52.1. The van der Waals surface area contributed by atoms with Gasteiger partial charge < -0.3 is 67.0 Å². The molecule has 0 unspecified atom stereocenters. The van der Waals surface area contributed by atoms with E-state index in [-0.39, 0.29) is 43.9 Å². The van der Waals surface area contributed by atoms with Crippen molar-refractivity contribution in [3.8, 4) is 0 Å². The van der Waals surface area contributed by atoms with Gasteiger partial charge in [-0.05, 0) is 255 Å². The molecule has 0 aromatic heterocycles. The number of benzene rings is 8. The Kier molecular flexibility index (Phi) is 51.9. The summed E-state index contributed by atoms with van der Waals surface area (Å²) in [5, 5.41) is 33.9. The van der Waals surface area contributed by atoms with E-state index in [9.17, 15) is 57.5 Å². The summed E-state index contributed by atoms with van der Waals surface area (Å²) < 4.78 is 16.1. The van der Waals surface area contributed by atoms with Gasteiger partial charge in [0.25, 0.3) is 0 Å². The van der Waals surface area contributed by atoms with Gasteiger partial charge in [-0.25, -0.2) is 19.2 Å². The van der Waals surface area contributed by atoms with Crippen LogP contribution in [0.25, 0.3) is 0 Å². The number of anilines is 8. The van der Waals surface area contributed by atoms with Gasteiger partial charge in [-0.3, -0.25) is 54.3 Å². The Labute approximate surface area is 854 Å². The lowest BCUT2D eigenvalue weighted by atomic mass is 9.91. The molecule has 0 heterocycles. The number of unbranched alkanes of at least 4 members (excludes halogenated alkanes) is 21. The lowest BCUT2D eigenvalue weighted by Gasteiger charge is -2.27. The molecular formula is C116H161N13O15. The number of nitrogens with one attached hydrogen (secondary N) is 12. The maximum absolute atomic E-state index is 14.2. The number of hydrogen-bond acceptors (Lipinski definition) is 15. The van der Waals surface area contributed by atoms with Crippen LogP contribution < -0.4 is 63.8 Å². The van der Waals surface area contributed by atoms with E-state index >= 15 is 0 Å². The molecule has 0 spiro atoms. The molecule has 780 valence electrons. The van der Waals surface area contributed by atoms with Crippen molar-refractivity contribution in [3.05, 3.63) is 239 Å². The van der Waals surface area contributed by atoms with Crippen molar-refractivity contribution in [3.63, 3.8) is 0 Å². The van der Waals surface area contributed by atoms with Gasteiger partial charge in [-0.2, -0.15) is 0 Å². The highest BCUT2D eigenvalue weighted by molar-refractivity contribution is 6.12. The summed E-state index contributed by atoms with van der Waals surface area (Å²) >= 11 is 0. The van der Waals surface area contributed by atoms with E-state index < -0.39 is 75.5 Å². The molecule has 0 bridgehead atoms. The third-order valence-electron chi connectivity index (χ3n) is 25.2. The summed E-state index contributed by atoms with van der Waals surface area (Å²) in [5.41, 5.74) is 7.10. The summed E-state index contributed by atoms with van der Waals surface area (Å²) in [6, 6.07) is 59.0. The number of urea groups is 1. The Bertz CT molecular complexity index is 5090. The molecule has 28 nitrogen and oxygen atoms in total. The van der Waals surface area contributed by atoms with Gasteiger partial charge in [-0.15, -0.1) is 0 Å². The number of hydrogen-bond donors (Lipinski definition) is 12. The highest BCUT2D eigenvalue weighted by Crippen LogP contribution is 2.29. The van der Waals surface area contributed by atoms with Crippen molar-refractivity contribution in [2.24, 2.45) is 21.7 Å². The molecular weight excluding hydrogens is 1820 g/mol. The molecule has 13 amide bonds. The van der Waals surface area contributed by atoms with Crippen molar-refractivity contribution < 1.29 is 71.7 Å². The minimum absolute atomic E-state index is 0.0336. The molecule has 0 aliphatic heterocycles. The molecule has 8 aromatic rings. The van der Waals surface area contributed by atoms with Gasteiger partial charge in [-0.1, -0.05) is 267 Å². The van der Waals surface area contributed by atoms with Crippen molar-refractivity contribution in [1.82, 2.24) is 26.2 Å². The monoisotopic (exact) mass is 1980 g/mol. The van der Waals surface area contributed by atoms with Gasteiger partial charge in [0, 0.05) is 84.8 Å². The summed E-state index contributed by atoms with van der Waals surface area (Å²) in [6.45, 7) is 25.0. The Balaban J connectivity index is 0.000000600. The lowest BCUT2D eigenvalue weighted by Crippen LogP contribution is -2.50. The highest BCUT2D eigenvalue weighted by atomic mass is 16.6. The van der Waals surface area contributed by atoms with Crippen LogP contribution in [0.2, 0.25) is 0 Å². The first-order chi connectivity index (χ1) is 69.1. The number of amides is 13. The fourth-order valence-corrected chi connectivity index (χ4v) is 15.3.